The van der Waals surface area contributed by atoms with Gasteiger partial charge in [0.1, 0.15) is 7.85 Å². The fourth-order valence-corrected chi connectivity index (χ4v) is 2.91. The average Bonchev–Trinajstić information content (AvgIpc) is 2.54. The molecule has 0 fully saturated rings. The van der Waals surface area contributed by atoms with Gasteiger partial charge in [-0.05, 0) is 38.7 Å². The van der Waals surface area contributed by atoms with Crippen molar-refractivity contribution in [1.82, 2.24) is 0 Å². The summed E-state index contributed by atoms with van der Waals surface area (Å²) in [5, 5.41) is 4.95. The number of fused-ring (bicyclic) bond motifs is 2. The van der Waals surface area contributed by atoms with Crippen LogP contribution in [0.15, 0.2) is 78.9 Å². The zero-order valence-electron chi connectivity index (χ0n) is 11.6. The van der Waals surface area contributed by atoms with E-state index in [1.165, 1.54) is 32.7 Å². The van der Waals surface area contributed by atoms with Gasteiger partial charge in [-0.1, -0.05) is 78.3 Å². The van der Waals surface area contributed by atoms with Gasteiger partial charge in [0.25, 0.3) is 0 Å². The van der Waals surface area contributed by atoms with Crippen LogP contribution >= 0.6 is 0 Å². The Labute approximate surface area is 125 Å². The standard InChI is InChI=1S/C20H13B/c21-18-11-10-15-12-17(9-8-16(15)13-18)20-7-3-5-14-4-1-2-6-19(14)20/h1-13H. The molecule has 0 aliphatic rings. The second-order valence-electron chi connectivity index (χ2n) is 5.35. The van der Waals surface area contributed by atoms with Crippen LogP contribution in [-0.2, 0) is 0 Å². The van der Waals surface area contributed by atoms with Gasteiger partial charge < -0.3 is 0 Å². The van der Waals surface area contributed by atoms with Crippen molar-refractivity contribution in [2.75, 3.05) is 0 Å². The summed E-state index contributed by atoms with van der Waals surface area (Å²) in [7, 11) is 5.85. The summed E-state index contributed by atoms with van der Waals surface area (Å²) in [5.41, 5.74) is 3.32. The van der Waals surface area contributed by atoms with Crippen molar-refractivity contribution in [3.8, 4) is 11.1 Å². The minimum absolute atomic E-state index is 0.806. The molecular formula is C20H13B. The van der Waals surface area contributed by atoms with E-state index in [1.807, 2.05) is 12.1 Å². The molecule has 0 N–H and O–H groups in total. The van der Waals surface area contributed by atoms with Gasteiger partial charge in [-0.15, -0.1) is 0 Å². The van der Waals surface area contributed by atoms with Gasteiger partial charge in [-0.25, -0.2) is 0 Å². The second-order valence-corrected chi connectivity index (χ2v) is 5.35. The third-order valence-corrected chi connectivity index (χ3v) is 3.96. The van der Waals surface area contributed by atoms with E-state index in [1.54, 1.807) is 0 Å². The molecule has 0 aliphatic heterocycles. The molecule has 2 radical (unpaired) electrons. The number of hydrogen-bond donors (Lipinski definition) is 0. The van der Waals surface area contributed by atoms with E-state index in [9.17, 15) is 0 Å². The first-order valence-corrected chi connectivity index (χ1v) is 7.09. The van der Waals surface area contributed by atoms with E-state index in [-0.39, 0.29) is 0 Å². The first-order chi connectivity index (χ1) is 10.3. The summed E-state index contributed by atoms with van der Waals surface area (Å²) in [4.78, 5) is 0. The minimum Gasteiger partial charge on any atom is -0.0960 e. The van der Waals surface area contributed by atoms with Crippen LogP contribution in [0.4, 0.5) is 0 Å². The topological polar surface area (TPSA) is 0 Å². The van der Waals surface area contributed by atoms with Crippen LogP contribution < -0.4 is 5.46 Å². The molecule has 96 valence electrons. The van der Waals surface area contributed by atoms with Crippen molar-refractivity contribution in [1.29, 1.82) is 0 Å². The maximum atomic E-state index is 5.85. The molecule has 0 saturated carbocycles. The fourth-order valence-electron chi connectivity index (χ4n) is 2.91. The van der Waals surface area contributed by atoms with E-state index < -0.39 is 0 Å². The lowest BCUT2D eigenvalue weighted by molar-refractivity contribution is 1.68. The third-order valence-electron chi connectivity index (χ3n) is 3.96. The van der Waals surface area contributed by atoms with Gasteiger partial charge in [-0.2, -0.15) is 0 Å². The Bertz CT molecular complexity index is 949. The lowest BCUT2D eigenvalue weighted by atomic mass is 9.91. The van der Waals surface area contributed by atoms with E-state index in [4.69, 9.17) is 7.85 Å². The molecule has 0 nitrogen and oxygen atoms in total. The molecule has 0 unspecified atom stereocenters. The lowest BCUT2D eigenvalue weighted by Crippen LogP contribution is -1.99. The molecular weight excluding hydrogens is 251 g/mol. The Morgan fingerprint density at radius 3 is 2.29 bits per heavy atom. The molecule has 4 aromatic carbocycles. The van der Waals surface area contributed by atoms with Crippen LogP contribution in [0.5, 0.6) is 0 Å². The lowest BCUT2D eigenvalue weighted by Gasteiger charge is -2.08. The van der Waals surface area contributed by atoms with Gasteiger partial charge in [0.05, 0.1) is 0 Å². The third kappa shape index (κ3) is 2.11. The molecule has 0 aliphatic carbocycles. The Hall–Kier alpha value is -2.54. The van der Waals surface area contributed by atoms with Crippen LogP contribution in [0, 0.1) is 0 Å². The second kappa shape index (κ2) is 4.78. The summed E-state index contributed by atoms with van der Waals surface area (Å²) >= 11 is 0. The summed E-state index contributed by atoms with van der Waals surface area (Å²) < 4.78 is 0. The number of rotatable bonds is 1. The molecule has 0 aromatic heterocycles. The number of benzene rings is 4. The molecule has 4 aromatic rings. The molecule has 0 bridgehead atoms. The van der Waals surface area contributed by atoms with Gasteiger partial charge in [0.15, 0.2) is 0 Å². The van der Waals surface area contributed by atoms with Crippen molar-refractivity contribution in [2.45, 2.75) is 0 Å². The first-order valence-electron chi connectivity index (χ1n) is 7.09. The molecule has 0 amide bonds. The summed E-state index contributed by atoms with van der Waals surface area (Å²) in [6.07, 6.45) is 0. The van der Waals surface area contributed by atoms with Crippen molar-refractivity contribution in [3.63, 3.8) is 0 Å². The van der Waals surface area contributed by atoms with E-state index in [0.29, 0.717) is 0 Å². The van der Waals surface area contributed by atoms with Crippen LogP contribution in [0.3, 0.4) is 0 Å². The van der Waals surface area contributed by atoms with Crippen molar-refractivity contribution < 1.29 is 0 Å². The highest BCUT2D eigenvalue weighted by atomic mass is 14.1. The average molecular weight is 264 g/mol. The Kier molecular flexibility index (Phi) is 2.78. The van der Waals surface area contributed by atoms with Crippen molar-refractivity contribution >= 4 is 34.9 Å². The normalized spacial score (nSPS) is 11.0. The zero-order valence-corrected chi connectivity index (χ0v) is 11.6. The van der Waals surface area contributed by atoms with Crippen LogP contribution in [-0.4, -0.2) is 7.85 Å². The quantitative estimate of drug-likeness (QED) is 0.445. The molecule has 1 heteroatoms. The Morgan fingerprint density at radius 2 is 1.33 bits per heavy atom. The molecule has 0 atom stereocenters. The fraction of sp³-hybridized carbons (Fsp3) is 0. The summed E-state index contributed by atoms with van der Waals surface area (Å²) in [6.45, 7) is 0. The van der Waals surface area contributed by atoms with Crippen LogP contribution in [0.2, 0.25) is 0 Å². The smallest absolute Gasteiger partial charge is 0.0960 e. The maximum Gasteiger partial charge on any atom is 0.113 e. The molecule has 0 heterocycles. The zero-order chi connectivity index (χ0) is 14.2. The highest BCUT2D eigenvalue weighted by Gasteiger charge is 2.04. The Balaban J connectivity index is 1.98. The molecule has 0 spiro atoms. The molecule has 0 saturated heterocycles. The van der Waals surface area contributed by atoms with Gasteiger partial charge in [0.2, 0.25) is 0 Å². The Morgan fingerprint density at radius 1 is 0.571 bits per heavy atom. The van der Waals surface area contributed by atoms with E-state index in [2.05, 4.69) is 66.7 Å². The molecule has 4 rings (SSSR count). The van der Waals surface area contributed by atoms with Crippen LogP contribution in [0.1, 0.15) is 0 Å². The largest absolute Gasteiger partial charge is 0.113 e. The first kappa shape index (κ1) is 12.2. The highest BCUT2D eigenvalue weighted by Crippen LogP contribution is 2.30. The minimum atomic E-state index is 0.806. The number of hydrogen-bond acceptors (Lipinski definition) is 0. The summed E-state index contributed by atoms with van der Waals surface area (Å²) in [6, 6.07) is 27.5. The van der Waals surface area contributed by atoms with E-state index in [0.717, 1.165) is 5.46 Å². The van der Waals surface area contributed by atoms with E-state index >= 15 is 0 Å². The SMILES string of the molecule is [B]c1ccc2cc(-c3cccc4ccccc34)ccc2c1. The van der Waals surface area contributed by atoms with Gasteiger partial charge >= 0.3 is 0 Å². The van der Waals surface area contributed by atoms with Crippen LogP contribution in [0.25, 0.3) is 32.7 Å². The van der Waals surface area contributed by atoms with Gasteiger partial charge in [-0.3, -0.25) is 0 Å². The molecule has 21 heavy (non-hydrogen) atoms. The van der Waals surface area contributed by atoms with Crippen molar-refractivity contribution in [2.24, 2.45) is 0 Å². The van der Waals surface area contributed by atoms with Crippen molar-refractivity contribution in [3.05, 3.63) is 78.9 Å². The van der Waals surface area contributed by atoms with Gasteiger partial charge in [0, 0.05) is 0 Å². The maximum absolute atomic E-state index is 5.85. The predicted molar refractivity (Wildman–Crippen MR) is 92.3 cm³/mol. The monoisotopic (exact) mass is 264 g/mol. The summed E-state index contributed by atoms with van der Waals surface area (Å²) in [5.74, 6) is 0. The highest BCUT2D eigenvalue weighted by molar-refractivity contribution is 6.33. The predicted octanol–water partition coefficient (Wildman–Crippen LogP) is 4.45.